The molecule has 128 valence electrons. The van der Waals surface area contributed by atoms with E-state index in [-0.39, 0.29) is 28.2 Å². The van der Waals surface area contributed by atoms with Crippen LogP contribution in [0, 0.1) is 10.8 Å². The topological polar surface area (TPSA) is 49.4 Å². The van der Waals surface area contributed by atoms with E-state index < -0.39 is 0 Å². The van der Waals surface area contributed by atoms with Gasteiger partial charge in [-0.15, -0.1) is 0 Å². The summed E-state index contributed by atoms with van der Waals surface area (Å²) in [5.74, 6) is 0.288. The third-order valence-electron chi connectivity index (χ3n) is 4.77. The van der Waals surface area contributed by atoms with Crippen molar-refractivity contribution in [2.45, 2.75) is 79.2 Å². The minimum atomic E-state index is -0.385. The van der Waals surface area contributed by atoms with Gasteiger partial charge in [0.25, 0.3) is 0 Å². The average Bonchev–Trinajstić information content (AvgIpc) is 2.34. The van der Waals surface area contributed by atoms with Crippen LogP contribution in [0.25, 0.3) is 0 Å². The maximum Gasteiger partial charge on any atom is 0.227 e. The van der Waals surface area contributed by atoms with Crippen LogP contribution < -0.4 is 5.32 Å². The van der Waals surface area contributed by atoms with Gasteiger partial charge in [0.1, 0.15) is 0 Å². The summed E-state index contributed by atoms with van der Waals surface area (Å²) in [6, 6.07) is 0. The minimum Gasteiger partial charge on any atom is -0.350 e. The van der Waals surface area contributed by atoms with Gasteiger partial charge in [-0.25, -0.2) is 0 Å². The molecule has 1 fully saturated rings. The SMILES string of the molecule is CN(CCCC(C)(C)C(=O)NC1(C)CCC1)C(=O)C(C)(C)C. The van der Waals surface area contributed by atoms with Crippen LogP contribution in [-0.2, 0) is 9.59 Å². The van der Waals surface area contributed by atoms with Gasteiger partial charge in [0.05, 0.1) is 0 Å². The van der Waals surface area contributed by atoms with Crippen molar-refractivity contribution in [2.24, 2.45) is 10.8 Å². The lowest BCUT2D eigenvalue weighted by Gasteiger charge is -2.41. The molecular weight excluding hydrogens is 276 g/mol. The smallest absolute Gasteiger partial charge is 0.227 e. The second-order valence-corrected chi connectivity index (χ2v) is 8.83. The molecule has 0 spiro atoms. The van der Waals surface area contributed by atoms with Crippen molar-refractivity contribution >= 4 is 11.8 Å². The molecule has 2 amide bonds. The Bertz CT molecular complexity index is 417. The minimum absolute atomic E-state index is 0.00729. The first-order chi connectivity index (χ1) is 9.87. The van der Waals surface area contributed by atoms with Crippen molar-refractivity contribution in [1.82, 2.24) is 10.2 Å². The van der Waals surface area contributed by atoms with Gasteiger partial charge in [-0.2, -0.15) is 0 Å². The molecule has 1 saturated carbocycles. The van der Waals surface area contributed by atoms with E-state index in [0.717, 1.165) is 25.7 Å². The van der Waals surface area contributed by atoms with Crippen molar-refractivity contribution in [3.8, 4) is 0 Å². The van der Waals surface area contributed by atoms with Gasteiger partial charge in [0, 0.05) is 30.0 Å². The van der Waals surface area contributed by atoms with Gasteiger partial charge in [0.15, 0.2) is 0 Å². The molecule has 1 aliphatic rings. The molecule has 0 bridgehead atoms. The fraction of sp³-hybridized carbons (Fsp3) is 0.889. The highest BCUT2D eigenvalue weighted by molar-refractivity contribution is 5.82. The van der Waals surface area contributed by atoms with E-state index in [4.69, 9.17) is 0 Å². The second kappa shape index (κ2) is 6.59. The summed E-state index contributed by atoms with van der Waals surface area (Å²) in [7, 11) is 1.84. The number of hydrogen-bond acceptors (Lipinski definition) is 2. The Morgan fingerprint density at radius 2 is 1.68 bits per heavy atom. The third-order valence-corrected chi connectivity index (χ3v) is 4.77. The first kappa shape index (κ1) is 19.0. The zero-order chi connectivity index (χ0) is 17.2. The number of hydrogen-bond donors (Lipinski definition) is 1. The highest BCUT2D eigenvalue weighted by Crippen LogP contribution is 2.33. The largest absolute Gasteiger partial charge is 0.350 e. The molecule has 0 radical (unpaired) electrons. The molecule has 0 saturated heterocycles. The van der Waals surface area contributed by atoms with Crippen LogP contribution in [0.15, 0.2) is 0 Å². The maximum absolute atomic E-state index is 12.5. The first-order valence-electron chi connectivity index (χ1n) is 8.46. The van der Waals surface area contributed by atoms with E-state index >= 15 is 0 Å². The van der Waals surface area contributed by atoms with E-state index in [1.54, 1.807) is 4.90 Å². The van der Waals surface area contributed by atoms with Gasteiger partial charge in [-0.05, 0) is 39.0 Å². The lowest BCUT2D eigenvalue weighted by atomic mass is 9.77. The maximum atomic E-state index is 12.5. The molecule has 1 aliphatic carbocycles. The van der Waals surface area contributed by atoms with Crippen molar-refractivity contribution in [2.75, 3.05) is 13.6 Å². The third kappa shape index (κ3) is 4.99. The van der Waals surface area contributed by atoms with E-state index in [2.05, 4.69) is 12.2 Å². The Balaban J connectivity index is 2.42. The highest BCUT2D eigenvalue weighted by atomic mass is 16.2. The lowest BCUT2D eigenvalue weighted by molar-refractivity contribution is -0.138. The molecule has 1 N–H and O–H groups in total. The number of nitrogens with zero attached hydrogens (tertiary/aromatic N) is 1. The van der Waals surface area contributed by atoms with Crippen LogP contribution in [-0.4, -0.2) is 35.8 Å². The second-order valence-electron chi connectivity index (χ2n) is 8.83. The quantitative estimate of drug-likeness (QED) is 0.818. The summed E-state index contributed by atoms with van der Waals surface area (Å²) in [6.07, 6.45) is 5.00. The average molecular weight is 310 g/mol. The number of rotatable bonds is 6. The molecule has 0 heterocycles. The normalized spacial score (nSPS) is 17.6. The van der Waals surface area contributed by atoms with E-state index in [1.807, 2.05) is 41.7 Å². The highest BCUT2D eigenvalue weighted by Gasteiger charge is 2.37. The van der Waals surface area contributed by atoms with Crippen LogP contribution in [0.2, 0.25) is 0 Å². The predicted octanol–water partition coefficient (Wildman–Crippen LogP) is 3.36. The lowest BCUT2D eigenvalue weighted by Crippen LogP contribution is -2.54. The Hall–Kier alpha value is -1.06. The summed E-state index contributed by atoms with van der Waals surface area (Å²) < 4.78 is 0. The Morgan fingerprint density at radius 1 is 1.14 bits per heavy atom. The molecule has 0 aliphatic heterocycles. The zero-order valence-electron chi connectivity index (χ0n) is 15.5. The summed E-state index contributed by atoms with van der Waals surface area (Å²) in [5.41, 5.74) is -0.724. The van der Waals surface area contributed by atoms with Crippen LogP contribution in [0.1, 0.15) is 73.6 Å². The van der Waals surface area contributed by atoms with Crippen molar-refractivity contribution in [3.05, 3.63) is 0 Å². The van der Waals surface area contributed by atoms with Crippen LogP contribution in [0.3, 0.4) is 0 Å². The summed E-state index contributed by atoms with van der Waals surface area (Å²) in [5, 5.41) is 3.20. The molecule has 22 heavy (non-hydrogen) atoms. The van der Waals surface area contributed by atoms with E-state index in [9.17, 15) is 9.59 Å². The predicted molar refractivity (Wildman–Crippen MR) is 90.5 cm³/mol. The summed E-state index contributed by atoms with van der Waals surface area (Å²) >= 11 is 0. The fourth-order valence-corrected chi connectivity index (χ4v) is 2.82. The molecule has 1 rings (SSSR count). The molecule has 0 atom stereocenters. The number of amides is 2. The Morgan fingerprint density at radius 3 is 2.09 bits per heavy atom. The van der Waals surface area contributed by atoms with E-state index in [1.165, 1.54) is 6.42 Å². The molecular formula is C18H34N2O2. The van der Waals surface area contributed by atoms with Crippen LogP contribution in [0.5, 0.6) is 0 Å². The molecule has 0 aromatic carbocycles. The van der Waals surface area contributed by atoms with Gasteiger partial charge in [-0.3, -0.25) is 9.59 Å². The molecule has 0 aromatic heterocycles. The zero-order valence-corrected chi connectivity index (χ0v) is 15.5. The number of carbonyl (C=O) groups excluding carboxylic acids is 2. The monoisotopic (exact) mass is 310 g/mol. The van der Waals surface area contributed by atoms with Crippen molar-refractivity contribution < 1.29 is 9.59 Å². The summed E-state index contributed by atoms with van der Waals surface area (Å²) in [4.78, 5) is 26.4. The van der Waals surface area contributed by atoms with Crippen LogP contribution in [0.4, 0.5) is 0 Å². The Labute approximate surface area is 136 Å². The van der Waals surface area contributed by atoms with Gasteiger partial charge in [0.2, 0.25) is 11.8 Å². The van der Waals surface area contributed by atoms with Gasteiger partial charge < -0.3 is 10.2 Å². The number of carbonyl (C=O) groups is 2. The molecule has 0 unspecified atom stereocenters. The van der Waals surface area contributed by atoms with Crippen LogP contribution >= 0.6 is 0 Å². The molecule has 4 nitrogen and oxygen atoms in total. The fourth-order valence-electron chi connectivity index (χ4n) is 2.82. The standard InChI is InChI=1S/C18H34N2O2/c1-16(2,3)15(22)20(7)13-9-10-17(4,5)14(21)19-18(6)11-8-12-18/h8-13H2,1-7H3,(H,19,21). The van der Waals surface area contributed by atoms with Crippen molar-refractivity contribution in [3.63, 3.8) is 0 Å². The molecule has 4 heteroatoms. The molecule has 0 aromatic rings. The van der Waals surface area contributed by atoms with Gasteiger partial charge in [-0.1, -0.05) is 34.6 Å². The summed E-state index contributed by atoms with van der Waals surface area (Å²) in [6.45, 7) is 12.6. The van der Waals surface area contributed by atoms with Gasteiger partial charge >= 0.3 is 0 Å². The first-order valence-corrected chi connectivity index (χ1v) is 8.46. The van der Waals surface area contributed by atoms with E-state index in [0.29, 0.717) is 6.54 Å². The Kier molecular flexibility index (Phi) is 5.69. The number of nitrogens with one attached hydrogen (secondary N) is 1. The van der Waals surface area contributed by atoms with Crippen molar-refractivity contribution in [1.29, 1.82) is 0 Å².